The van der Waals surface area contributed by atoms with Crippen molar-refractivity contribution in [1.29, 1.82) is 0 Å². The Bertz CT molecular complexity index is 1470. The number of allylic oxidation sites excluding steroid dienone is 12. The highest BCUT2D eigenvalue weighted by Gasteiger charge is 2.19. The molecule has 0 heterocycles. The number of esters is 3. The molecule has 0 bridgehead atoms. The molecule has 6 heteroatoms. The maximum Gasteiger partial charge on any atom is 0.306 e. The van der Waals surface area contributed by atoms with Gasteiger partial charge in [0.25, 0.3) is 0 Å². The second kappa shape index (κ2) is 68.3. The van der Waals surface area contributed by atoms with Crippen LogP contribution >= 0.6 is 0 Å². The Morgan fingerprint density at radius 3 is 0.812 bits per heavy atom. The molecule has 0 aromatic rings. The molecule has 6 nitrogen and oxygen atoms in total. The predicted molar refractivity (Wildman–Crippen MR) is 348 cm³/mol. The molecule has 0 aliphatic rings. The first-order chi connectivity index (χ1) is 39.5. The summed E-state index contributed by atoms with van der Waals surface area (Å²) in [6, 6.07) is 0. The lowest BCUT2D eigenvalue weighted by atomic mass is 10.0. The van der Waals surface area contributed by atoms with Gasteiger partial charge in [0, 0.05) is 19.3 Å². The minimum absolute atomic E-state index is 0.0875. The van der Waals surface area contributed by atoms with E-state index >= 15 is 0 Å². The van der Waals surface area contributed by atoms with Gasteiger partial charge in [-0.25, -0.2) is 0 Å². The largest absolute Gasteiger partial charge is 0.462 e. The minimum atomic E-state index is -0.794. The van der Waals surface area contributed by atoms with E-state index in [2.05, 4.69) is 93.7 Å². The molecule has 0 aromatic carbocycles. The van der Waals surface area contributed by atoms with Crippen LogP contribution in [0.1, 0.15) is 361 Å². The maximum atomic E-state index is 12.9. The molecule has 0 radical (unpaired) electrons. The van der Waals surface area contributed by atoms with E-state index in [0.717, 1.165) is 128 Å². The molecule has 0 aliphatic carbocycles. The van der Waals surface area contributed by atoms with Crippen molar-refractivity contribution in [3.63, 3.8) is 0 Å². The lowest BCUT2D eigenvalue weighted by Gasteiger charge is -2.18. The van der Waals surface area contributed by atoms with Crippen LogP contribution < -0.4 is 0 Å². The first-order valence-electron chi connectivity index (χ1n) is 34.9. The van der Waals surface area contributed by atoms with Crippen molar-refractivity contribution in [1.82, 2.24) is 0 Å². The Kier molecular flexibility index (Phi) is 65.7. The first kappa shape index (κ1) is 76.9. The lowest BCUT2D eigenvalue weighted by molar-refractivity contribution is -0.167. The molecule has 464 valence electrons. The third kappa shape index (κ3) is 65.7. The van der Waals surface area contributed by atoms with E-state index in [-0.39, 0.29) is 31.1 Å². The number of hydrogen-bond donors (Lipinski definition) is 0. The van der Waals surface area contributed by atoms with Crippen molar-refractivity contribution < 1.29 is 28.6 Å². The first-order valence-corrected chi connectivity index (χ1v) is 34.9. The van der Waals surface area contributed by atoms with Gasteiger partial charge in [0.2, 0.25) is 0 Å². The zero-order chi connectivity index (χ0) is 57.8. The molecule has 0 aromatic heterocycles. The van der Waals surface area contributed by atoms with E-state index in [1.165, 1.54) is 193 Å². The van der Waals surface area contributed by atoms with E-state index in [0.29, 0.717) is 19.3 Å². The number of hydrogen-bond acceptors (Lipinski definition) is 6. The summed E-state index contributed by atoms with van der Waals surface area (Å²) in [7, 11) is 0. The topological polar surface area (TPSA) is 78.9 Å². The molecule has 80 heavy (non-hydrogen) atoms. The zero-order valence-electron chi connectivity index (χ0n) is 53.3. The van der Waals surface area contributed by atoms with Crippen LogP contribution in [-0.2, 0) is 28.6 Å². The Labute approximate surface area is 497 Å². The van der Waals surface area contributed by atoms with Crippen molar-refractivity contribution in [2.45, 2.75) is 367 Å². The number of ether oxygens (including phenoxy) is 3. The van der Waals surface area contributed by atoms with E-state index < -0.39 is 6.10 Å². The smallest absolute Gasteiger partial charge is 0.306 e. The summed E-state index contributed by atoms with van der Waals surface area (Å²) in [5, 5.41) is 0. The molecule has 1 atom stereocenters. The van der Waals surface area contributed by atoms with Gasteiger partial charge < -0.3 is 14.2 Å². The molecule has 0 rings (SSSR count). The Hall–Kier alpha value is -3.15. The maximum absolute atomic E-state index is 12.9. The average Bonchev–Trinajstić information content (AvgIpc) is 3.46. The summed E-state index contributed by atoms with van der Waals surface area (Å²) in [4.78, 5) is 38.3. The van der Waals surface area contributed by atoms with Crippen LogP contribution in [0.3, 0.4) is 0 Å². The molecule has 0 aliphatic heterocycles. The molecule has 1 unspecified atom stereocenters. The van der Waals surface area contributed by atoms with Gasteiger partial charge in [-0.15, -0.1) is 0 Å². The molecular weight excluding hydrogens is 985 g/mol. The quantitative estimate of drug-likeness (QED) is 0.0261. The number of rotatable bonds is 64. The Morgan fingerprint density at radius 2 is 0.512 bits per heavy atom. The third-order valence-electron chi connectivity index (χ3n) is 15.4. The third-order valence-corrected chi connectivity index (χ3v) is 15.4. The second-order valence-electron chi connectivity index (χ2n) is 23.4. The molecule has 0 saturated heterocycles. The zero-order valence-corrected chi connectivity index (χ0v) is 53.3. The van der Waals surface area contributed by atoms with E-state index in [4.69, 9.17) is 14.2 Å². The summed E-state index contributed by atoms with van der Waals surface area (Å²) in [6.07, 6.45) is 89.5. The van der Waals surface area contributed by atoms with Gasteiger partial charge in [-0.2, -0.15) is 0 Å². The molecule has 0 saturated carbocycles. The van der Waals surface area contributed by atoms with Gasteiger partial charge in [0.05, 0.1) is 0 Å². The molecule has 0 amide bonds. The standard InChI is InChI=1S/C74H132O6/c1-4-7-10-13-16-19-22-25-27-29-30-31-32-33-34-35-36-37-38-39-40-41-42-43-45-46-49-52-55-58-61-64-67-73(76)79-70-71(69-78-72(75)66-63-60-57-54-51-48-24-21-18-15-12-9-6-3)80-74(77)68-65-62-59-56-53-50-47-44-28-26-23-20-17-14-11-8-5-2/h8,11-12,15,17,20-21,24,26,28,47,50,71H,4-7,9-10,13-14,16,18-19,22-23,25,27,29-46,48-49,51-70H2,1-3H3/b11-8-,15-12-,20-17-,24-21-,28-26-,50-47-. The predicted octanol–water partition coefficient (Wildman–Crippen LogP) is 24.1. The highest BCUT2D eigenvalue weighted by molar-refractivity contribution is 5.71. The van der Waals surface area contributed by atoms with Crippen LogP contribution in [-0.4, -0.2) is 37.2 Å². The van der Waals surface area contributed by atoms with Crippen LogP contribution in [0, 0.1) is 0 Å². The van der Waals surface area contributed by atoms with Gasteiger partial charge in [0.1, 0.15) is 13.2 Å². The molecule has 0 N–H and O–H groups in total. The van der Waals surface area contributed by atoms with Crippen LogP contribution in [0.25, 0.3) is 0 Å². The second-order valence-corrected chi connectivity index (χ2v) is 23.4. The van der Waals surface area contributed by atoms with Crippen LogP contribution in [0.15, 0.2) is 72.9 Å². The normalized spacial score (nSPS) is 12.5. The molecule has 0 spiro atoms. The van der Waals surface area contributed by atoms with Gasteiger partial charge in [-0.3, -0.25) is 14.4 Å². The fraction of sp³-hybridized carbons (Fsp3) is 0.797. The summed E-state index contributed by atoms with van der Waals surface area (Å²) in [5.74, 6) is -0.910. The van der Waals surface area contributed by atoms with Gasteiger partial charge in [-0.05, 0) is 83.5 Å². The summed E-state index contributed by atoms with van der Waals surface area (Å²) in [6.45, 7) is 6.48. The number of carbonyl (C=O) groups excluding carboxylic acids is 3. The van der Waals surface area contributed by atoms with Gasteiger partial charge in [0.15, 0.2) is 6.10 Å². The fourth-order valence-corrected chi connectivity index (χ4v) is 10.2. The fourth-order valence-electron chi connectivity index (χ4n) is 10.2. The van der Waals surface area contributed by atoms with Gasteiger partial charge >= 0.3 is 17.9 Å². The van der Waals surface area contributed by atoms with Crippen LogP contribution in [0.4, 0.5) is 0 Å². The van der Waals surface area contributed by atoms with Crippen molar-refractivity contribution in [2.75, 3.05) is 13.2 Å². The molecule has 0 fully saturated rings. The monoisotopic (exact) mass is 1120 g/mol. The highest BCUT2D eigenvalue weighted by Crippen LogP contribution is 2.18. The van der Waals surface area contributed by atoms with E-state index in [1.54, 1.807) is 0 Å². The highest BCUT2D eigenvalue weighted by atomic mass is 16.6. The van der Waals surface area contributed by atoms with Crippen molar-refractivity contribution in [2.24, 2.45) is 0 Å². The summed E-state index contributed by atoms with van der Waals surface area (Å²) >= 11 is 0. The van der Waals surface area contributed by atoms with E-state index in [1.807, 2.05) is 0 Å². The van der Waals surface area contributed by atoms with Crippen molar-refractivity contribution >= 4 is 17.9 Å². The van der Waals surface area contributed by atoms with Crippen LogP contribution in [0.5, 0.6) is 0 Å². The Balaban J connectivity index is 4.15. The molecular formula is C74H132O6. The van der Waals surface area contributed by atoms with Crippen molar-refractivity contribution in [3.05, 3.63) is 72.9 Å². The number of carbonyl (C=O) groups is 3. The minimum Gasteiger partial charge on any atom is -0.462 e. The van der Waals surface area contributed by atoms with E-state index in [9.17, 15) is 14.4 Å². The van der Waals surface area contributed by atoms with Gasteiger partial charge in [-0.1, -0.05) is 331 Å². The Morgan fingerprint density at radius 1 is 0.263 bits per heavy atom. The summed E-state index contributed by atoms with van der Waals surface area (Å²) in [5.41, 5.74) is 0. The van der Waals surface area contributed by atoms with Crippen LogP contribution in [0.2, 0.25) is 0 Å². The van der Waals surface area contributed by atoms with Crippen molar-refractivity contribution in [3.8, 4) is 0 Å². The number of unbranched alkanes of at least 4 members (excludes halogenated alkanes) is 41. The average molecular weight is 1120 g/mol. The SMILES string of the molecule is CC/C=C\C/C=C\C/C=C\C/C=C\CCCCCCC(=O)OC(COC(=O)CCCCCCC/C=C\C/C=C\CCC)COC(=O)CCCCCCCCCCCCCCCCCCCCCCCCCCCCCCCCCC. The summed E-state index contributed by atoms with van der Waals surface area (Å²) < 4.78 is 16.9. The lowest BCUT2D eigenvalue weighted by Crippen LogP contribution is -2.30.